The summed E-state index contributed by atoms with van der Waals surface area (Å²) in [6.45, 7) is 4.12. The zero-order valence-electron chi connectivity index (χ0n) is 13.0. The van der Waals surface area contributed by atoms with Gasteiger partial charge in [0.1, 0.15) is 6.10 Å². The number of ether oxygens (including phenoxy) is 2. The number of hydrogen-bond acceptors (Lipinski definition) is 5. The molecule has 0 spiro atoms. The van der Waals surface area contributed by atoms with E-state index in [0.29, 0.717) is 19.1 Å². The van der Waals surface area contributed by atoms with E-state index in [-0.39, 0.29) is 18.1 Å². The Balaban J connectivity index is 1.47. The van der Waals surface area contributed by atoms with E-state index in [1.165, 1.54) is 4.88 Å². The number of carbonyl (C=O) groups excluding carboxylic acids is 1. The van der Waals surface area contributed by atoms with Crippen LogP contribution in [0.4, 0.5) is 0 Å². The Morgan fingerprint density at radius 1 is 1.59 bits per heavy atom. The first-order valence-corrected chi connectivity index (χ1v) is 8.81. The van der Waals surface area contributed by atoms with Gasteiger partial charge in [0, 0.05) is 31.6 Å². The van der Waals surface area contributed by atoms with Crippen LogP contribution >= 0.6 is 11.3 Å². The maximum Gasteiger partial charge on any atom is 0.249 e. The number of nitrogens with one attached hydrogen (secondary N) is 1. The Morgan fingerprint density at radius 2 is 2.50 bits per heavy atom. The molecule has 0 unspecified atom stereocenters. The number of nitrogens with zero attached hydrogens (tertiary/aromatic N) is 1. The van der Waals surface area contributed by atoms with Crippen LogP contribution in [0.1, 0.15) is 17.7 Å². The molecule has 1 aromatic rings. The summed E-state index contributed by atoms with van der Waals surface area (Å²) in [5.41, 5.74) is 0. The van der Waals surface area contributed by atoms with Crippen LogP contribution in [0, 0.1) is 5.92 Å². The molecule has 0 bridgehead atoms. The fraction of sp³-hybridized carbons (Fsp3) is 0.688. The molecule has 122 valence electrons. The normalized spacial score (nSPS) is 28.5. The number of thiophene rings is 1. The maximum atomic E-state index is 12.1. The molecule has 2 aliphatic rings. The van der Waals surface area contributed by atoms with Gasteiger partial charge in [-0.15, -0.1) is 11.3 Å². The molecule has 1 amide bonds. The van der Waals surface area contributed by atoms with Gasteiger partial charge in [-0.1, -0.05) is 6.07 Å². The molecular weight excluding hydrogens is 300 g/mol. The highest BCUT2D eigenvalue weighted by Gasteiger charge is 2.41. The van der Waals surface area contributed by atoms with Crippen molar-refractivity contribution in [1.82, 2.24) is 10.2 Å². The van der Waals surface area contributed by atoms with Crippen molar-refractivity contribution in [3.8, 4) is 0 Å². The van der Waals surface area contributed by atoms with Crippen LogP contribution in [0.15, 0.2) is 17.5 Å². The SMILES string of the molecule is COCCNC(=O)[C@@H]1C[C@H]2CCN(Cc3cccs3)C[C@@H]2O1. The number of likely N-dealkylation sites (tertiary alicyclic amines) is 1. The number of fused-ring (bicyclic) bond motifs is 1. The van der Waals surface area contributed by atoms with E-state index < -0.39 is 0 Å². The predicted molar refractivity (Wildman–Crippen MR) is 85.9 cm³/mol. The quantitative estimate of drug-likeness (QED) is 0.806. The number of methoxy groups -OCH3 is 1. The van der Waals surface area contributed by atoms with E-state index in [1.807, 2.05) is 0 Å². The molecule has 2 fully saturated rings. The monoisotopic (exact) mass is 324 g/mol. The Morgan fingerprint density at radius 3 is 3.27 bits per heavy atom. The lowest BCUT2D eigenvalue weighted by Crippen LogP contribution is -2.42. The third-order valence-electron chi connectivity index (χ3n) is 4.49. The molecule has 0 saturated carbocycles. The fourth-order valence-electron chi connectivity index (χ4n) is 3.32. The molecule has 3 rings (SSSR count). The first-order chi connectivity index (χ1) is 10.8. The van der Waals surface area contributed by atoms with Gasteiger partial charge < -0.3 is 14.8 Å². The van der Waals surface area contributed by atoms with Crippen LogP contribution in [0.3, 0.4) is 0 Å². The first-order valence-electron chi connectivity index (χ1n) is 7.93. The summed E-state index contributed by atoms with van der Waals surface area (Å²) in [5, 5.41) is 5.00. The summed E-state index contributed by atoms with van der Waals surface area (Å²) >= 11 is 1.80. The van der Waals surface area contributed by atoms with E-state index in [0.717, 1.165) is 32.5 Å². The standard InChI is InChI=1S/C16H24N2O3S/c1-20-7-5-17-16(19)14-9-12-4-6-18(11-15(12)21-14)10-13-3-2-8-22-13/h2-3,8,12,14-15H,4-7,9-11H2,1H3,(H,17,19)/t12-,14+,15+/m1/s1. The molecule has 0 aromatic carbocycles. The van der Waals surface area contributed by atoms with Crippen molar-refractivity contribution >= 4 is 17.2 Å². The van der Waals surface area contributed by atoms with Gasteiger partial charge in [-0.05, 0) is 36.8 Å². The third kappa shape index (κ3) is 3.87. The Hall–Kier alpha value is -0.950. The van der Waals surface area contributed by atoms with E-state index in [2.05, 4.69) is 27.7 Å². The molecule has 1 N–H and O–H groups in total. The molecule has 2 saturated heterocycles. The minimum absolute atomic E-state index is 0.0104. The van der Waals surface area contributed by atoms with Crippen molar-refractivity contribution in [3.05, 3.63) is 22.4 Å². The van der Waals surface area contributed by atoms with Crippen LogP contribution in [-0.4, -0.2) is 56.4 Å². The van der Waals surface area contributed by atoms with Crippen molar-refractivity contribution in [2.75, 3.05) is 33.4 Å². The molecule has 0 radical (unpaired) electrons. The summed E-state index contributed by atoms with van der Waals surface area (Å²) in [4.78, 5) is 15.9. The van der Waals surface area contributed by atoms with E-state index in [9.17, 15) is 4.79 Å². The van der Waals surface area contributed by atoms with Crippen LogP contribution in [0.5, 0.6) is 0 Å². The van der Waals surface area contributed by atoms with Crippen molar-refractivity contribution < 1.29 is 14.3 Å². The minimum Gasteiger partial charge on any atom is -0.383 e. The molecule has 5 nitrogen and oxygen atoms in total. The Labute approximate surface area is 135 Å². The Kier molecular flexibility index (Phi) is 5.46. The van der Waals surface area contributed by atoms with Gasteiger partial charge in [0.05, 0.1) is 12.7 Å². The zero-order chi connectivity index (χ0) is 15.4. The Bertz CT molecular complexity index is 480. The molecule has 3 heterocycles. The lowest BCUT2D eigenvalue weighted by molar-refractivity contribution is -0.133. The van der Waals surface area contributed by atoms with E-state index >= 15 is 0 Å². The van der Waals surface area contributed by atoms with Crippen LogP contribution in [0.2, 0.25) is 0 Å². The number of carbonyl (C=O) groups is 1. The van der Waals surface area contributed by atoms with Crippen LogP contribution in [0.25, 0.3) is 0 Å². The topological polar surface area (TPSA) is 50.8 Å². The lowest BCUT2D eigenvalue weighted by atomic mass is 9.91. The fourth-order valence-corrected chi connectivity index (χ4v) is 4.07. The summed E-state index contributed by atoms with van der Waals surface area (Å²) in [6.07, 6.45) is 1.90. The maximum absolute atomic E-state index is 12.1. The number of hydrogen-bond donors (Lipinski definition) is 1. The second-order valence-electron chi connectivity index (χ2n) is 6.05. The van der Waals surface area contributed by atoms with Gasteiger partial charge in [0.2, 0.25) is 5.91 Å². The van der Waals surface area contributed by atoms with Crippen molar-refractivity contribution in [2.45, 2.75) is 31.6 Å². The van der Waals surface area contributed by atoms with Gasteiger partial charge in [0.15, 0.2) is 0 Å². The largest absolute Gasteiger partial charge is 0.383 e. The molecule has 22 heavy (non-hydrogen) atoms. The van der Waals surface area contributed by atoms with E-state index in [4.69, 9.17) is 9.47 Å². The third-order valence-corrected chi connectivity index (χ3v) is 5.35. The average Bonchev–Trinajstić information content (AvgIpc) is 3.16. The number of amides is 1. The molecule has 1 aromatic heterocycles. The summed E-state index contributed by atoms with van der Waals surface area (Å²) in [5.74, 6) is 0.536. The van der Waals surface area contributed by atoms with Crippen molar-refractivity contribution in [3.63, 3.8) is 0 Å². The molecular formula is C16H24N2O3S. The molecule has 2 aliphatic heterocycles. The average molecular weight is 324 g/mol. The van der Waals surface area contributed by atoms with Crippen LogP contribution < -0.4 is 5.32 Å². The highest BCUT2D eigenvalue weighted by atomic mass is 32.1. The second-order valence-corrected chi connectivity index (χ2v) is 7.08. The predicted octanol–water partition coefficient (Wildman–Crippen LogP) is 1.49. The van der Waals surface area contributed by atoms with Gasteiger partial charge in [-0.25, -0.2) is 0 Å². The summed E-state index contributed by atoms with van der Waals surface area (Å²) < 4.78 is 11.0. The van der Waals surface area contributed by atoms with Gasteiger partial charge in [-0.3, -0.25) is 9.69 Å². The van der Waals surface area contributed by atoms with E-state index in [1.54, 1.807) is 18.4 Å². The van der Waals surface area contributed by atoms with Crippen molar-refractivity contribution in [2.24, 2.45) is 5.92 Å². The van der Waals surface area contributed by atoms with Gasteiger partial charge in [-0.2, -0.15) is 0 Å². The summed E-state index contributed by atoms with van der Waals surface area (Å²) in [6, 6.07) is 4.28. The van der Waals surface area contributed by atoms with Gasteiger partial charge >= 0.3 is 0 Å². The first kappa shape index (κ1) is 15.9. The minimum atomic E-state index is -0.284. The lowest BCUT2D eigenvalue weighted by Gasteiger charge is -2.33. The number of rotatable bonds is 6. The molecule has 6 heteroatoms. The second kappa shape index (κ2) is 7.55. The summed E-state index contributed by atoms with van der Waals surface area (Å²) in [7, 11) is 1.63. The van der Waals surface area contributed by atoms with Crippen molar-refractivity contribution in [1.29, 1.82) is 0 Å². The molecule has 0 aliphatic carbocycles. The number of piperidine rings is 1. The smallest absolute Gasteiger partial charge is 0.249 e. The highest BCUT2D eigenvalue weighted by Crippen LogP contribution is 2.34. The molecule has 3 atom stereocenters. The zero-order valence-corrected chi connectivity index (χ0v) is 13.8. The van der Waals surface area contributed by atoms with Gasteiger partial charge in [0.25, 0.3) is 0 Å². The highest BCUT2D eigenvalue weighted by molar-refractivity contribution is 7.09. The van der Waals surface area contributed by atoms with Crippen LogP contribution in [-0.2, 0) is 20.8 Å².